The number of esters is 1. The second-order valence-corrected chi connectivity index (χ2v) is 8.28. The van der Waals surface area contributed by atoms with Crippen LogP contribution >= 0.6 is 11.6 Å². The third kappa shape index (κ3) is 3.95. The van der Waals surface area contributed by atoms with E-state index in [4.69, 9.17) is 21.1 Å². The Labute approximate surface area is 163 Å². The van der Waals surface area contributed by atoms with Gasteiger partial charge in [-0.25, -0.2) is 14.6 Å². The molecule has 2 saturated heterocycles. The number of carbonyl (C=O) groups excluding carboxylic acids is 2. The van der Waals surface area contributed by atoms with E-state index in [1.807, 2.05) is 30.6 Å². The highest BCUT2D eigenvalue weighted by molar-refractivity contribution is 6.28. The summed E-state index contributed by atoms with van der Waals surface area (Å²) in [5.41, 5.74) is 0.244. The van der Waals surface area contributed by atoms with Crippen molar-refractivity contribution in [2.45, 2.75) is 58.2 Å². The molecular weight excluding hydrogens is 372 g/mol. The summed E-state index contributed by atoms with van der Waals surface area (Å²) in [5, 5.41) is 0.0806. The molecule has 8 nitrogen and oxygen atoms in total. The standard InChI is InChI=1S/C18H25ClN4O4/c1-10-13(15(24)26-5)14(21-16(19)20-10)22-8-11-6-7-12(9-22)23(11)17(25)27-18(2,3)4/h11-12H,6-9H2,1-5H3. The Morgan fingerprint density at radius 3 is 2.26 bits per heavy atom. The van der Waals surface area contributed by atoms with E-state index in [2.05, 4.69) is 9.97 Å². The molecule has 1 amide bonds. The molecule has 2 atom stereocenters. The molecule has 1 aromatic rings. The van der Waals surface area contributed by atoms with Crippen molar-refractivity contribution in [1.29, 1.82) is 0 Å². The lowest BCUT2D eigenvalue weighted by atomic mass is 10.1. The van der Waals surface area contributed by atoms with E-state index in [-0.39, 0.29) is 23.5 Å². The number of methoxy groups -OCH3 is 1. The lowest BCUT2D eigenvalue weighted by Crippen LogP contribution is -2.57. The summed E-state index contributed by atoms with van der Waals surface area (Å²) in [5.74, 6) is -0.0406. The van der Waals surface area contributed by atoms with E-state index < -0.39 is 11.6 Å². The molecule has 2 unspecified atom stereocenters. The number of fused-ring (bicyclic) bond motifs is 2. The van der Waals surface area contributed by atoms with Gasteiger partial charge in [0.05, 0.1) is 24.9 Å². The number of amides is 1. The SMILES string of the molecule is COC(=O)c1c(C)nc(Cl)nc1N1CC2CCC(C1)N2C(=O)OC(C)(C)C. The van der Waals surface area contributed by atoms with Crippen molar-refractivity contribution < 1.29 is 19.1 Å². The lowest BCUT2D eigenvalue weighted by molar-refractivity contribution is 0.0122. The van der Waals surface area contributed by atoms with Crippen LogP contribution in [0, 0.1) is 6.92 Å². The molecule has 148 valence electrons. The summed E-state index contributed by atoms with van der Waals surface area (Å²) in [6.45, 7) is 8.37. The fraction of sp³-hybridized carbons (Fsp3) is 0.667. The maximum Gasteiger partial charge on any atom is 0.410 e. The fourth-order valence-corrected chi connectivity index (χ4v) is 3.99. The molecule has 9 heteroatoms. The number of hydrogen-bond donors (Lipinski definition) is 0. The largest absolute Gasteiger partial charge is 0.465 e. The zero-order chi connectivity index (χ0) is 19.9. The predicted molar refractivity (Wildman–Crippen MR) is 100 cm³/mol. The first-order valence-electron chi connectivity index (χ1n) is 8.99. The third-order valence-corrected chi connectivity index (χ3v) is 4.99. The highest BCUT2D eigenvalue weighted by Gasteiger charge is 2.45. The van der Waals surface area contributed by atoms with Crippen molar-refractivity contribution in [3.05, 3.63) is 16.5 Å². The molecule has 3 heterocycles. The maximum atomic E-state index is 12.6. The molecular formula is C18H25ClN4O4. The number of rotatable bonds is 2. The van der Waals surface area contributed by atoms with Crippen LogP contribution in [0.1, 0.15) is 49.7 Å². The Kier molecular flexibility index (Phi) is 5.20. The Morgan fingerprint density at radius 2 is 1.74 bits per heavy atom. The van der Waals surface area contributed by atoms with E-state index in [1.54, 1.807) is 6.92 Å². The summed E-state index contributed by atoms with van der Waals surface area (Å²) in [6.07, 6.45) is 1.47. The molecule has 3 rings (SSSR count). The van der Waals surface area contributed by atoms with Crippen LogP contribution in [0.5, 0.6) is 0 Å². The van der Waals surface area contributed by atoms with Gasteiger partial charge in [-0.1, -0.05) is 0 Å². The first-order valence-corrected chi connectivity index (χ1v) is 9.37. The number of halogens is 1. The maximum absolute atomic E-state index is 12.6. The van der Waals surface area contributed by atoms with Gasteiger partial charge in [-0.2, -0.15) is 4.98 Å². The van der Waals surface area contributed by atoms with E-state index in [1.165, 1.54) is 7.11 Å². The quantitative estimate of drug-likeness (QED) is 0.561. The lowest BCUT2D eigenvalue weighted by Gasteiger charge is -2.42. The van der Waals surface area contributed by atoms with Crippen molar-refractivity contribution in [2.75, 3.05) is 25.1 Å². The molecule has 2 bridgehead atoms. The molecule has 0 aromatic carbocycles. The van der Waals surface area contributed by atoms with Gasteiger partial charge >= 0.3 is 12.1 Å². The number of hydrogen-bond acceptors (Lipinski definition) is 7. The number of nitrogens with zero attached hydrogens (tertiary/aromatic N) is 4. The van der Waals surface area contributed by atoms with Crippen molar-refractivity contribution >= 4 is 29.5 Å². The Bertz CT molecular complexity index is 750. The van der Waals surface area contributed by atoms with Gasteiger partial charge in [0.1, 0.15) is 17.0 Å². The molecule has 2 aliphatic rings. The minimum Gasteiger partial charge on any atom is -0.465 e. The van der Waals surface area contributed by atoms with Crippen LogP contribution in [0.2, 0.25) is 5.28 Å². The molecule has 1 aromatic heterocycles. The van der Waals surface area contributed by atoms with Crippen molar-refractivity contribution in [2.24, 2.45) is 0 Å². The summed E-state index contributed by atoms with van der Waals surface area (Å²) >= 11 is 6.04. The molecule has 2 aliphatic heterocycles. The van der Waals surface area contributed by atoms with Gasteiger partial charge in [0.15, 0.2) is 0 Å². The second kappa shape index (κ2) is 7.14. The highest BCUT2D eigenvalue weighted by atomic mass is 35.5. The van der Waals surface area contributed by atoms with Crippen LogP contribution in [-0.2, 0) is 9.47 Å². The van der Waals surface area contributed by atoms with Gasteiger partial charge in [-0.3, -0.25) is 4.90 Å². The molecule has 0 N–H and O–H groups in total. The summed E-state index contributed by atoms with van der Waals surface area (Å²) in [6, 6.07) is -0.00344. The van der Waals surface area contributed by atoms with Crippen molar-refractivity contribution in [3.8, 4) is 0 Å². The molecule has 2 fully saturated rings. The smallest absolute Gasteiger partial charge is 0.410 e. The molecule has 0 radical (unpaired) electrons. The summed E-state index contributed by atoms with van der Waals surface area (Å²) < 4.78 is 10.5. The number of piperazine rings is 1. The Balaban J connectivity index is 1.87. The first-order chi connectivity index (χ1) is 12.6. The topological polar surface area (TPSA) is 84.9 Å². The zero-order valence-corrected chi connectivity index (χ0v) is 17.0. The van der Waals surface area contributed by atoms with Gasteiger partial charge < -0.3 is 14.4 Å². The normalized spacial score (nSPS) is 22.0. The predicted octanol–water partition coefficient (Wildman–Crippen LogP) is 2.81. The van der Waals surface area contributed by atoms with Gasteiger partial charge in [0, 0.05) is 13.1 Å². The summed E-state index contributed by atoms with van der Waals surface area (Å²) in [4.78, 5) is 37.1. The van der Waals surface area contributed by atoms with E-state index in [0.29, 0.717) is 30.2 Å². The minimum absolute atomic E-state index is 0.00172. The van der Waals surface area contributed by atoms with Crippen LogP contribution < -0.4 is 4.90 Å². The van der Waals surface area contributed by atoms with Crippen molar-refractivity contribution in [1.82, 2.24) is 14.9 Å². The Hall–Kier alpha value is -2.09. The molecule has 0 aliphatic carbocycles. The number of anilines is 1. The van der Waals surface area contributed by atoms with Gasteiger partial charge in [-0.15, -0.1) is 0 Å². The van der Waals surface area contributed by atoms with Gasteiger partial charge in [0.25, 0.3) is 0 Å². The number of aromatic nitrogens is 2. The van der Waals surface area contributed by atoms with Crippen LogP contribution in [-0.4, -0.2) is 64.8 Å². The second-order valence-electron chi connectivity index (χ2n) is 7.95. The average Bonchev–Trinajstić information content (AvgIpc) is 2.82. The first kappa shape index (κ1) is 19.7. The summed E-state index contributed by atoms with van der Waals surface area (Å²) in [7, 11) is 1.32. The van der Waals surface area contributed by atoms with Gasteiger partial charge in [0.2, 0.25) is 5.28 Å². The number of carbonyl (C=O) groups is 2. The molecule has 27 heavy (non-hydrogen) atoms. The van der Waals surface area contributed by atoms with Crippen LogP contribution in [0.3, 0.4) is 0 Å². The highest BCUT2D eigenvalue weighted by Crippen LogP contribution is 2.35. The van der Waals surface area contributed by atoms with E-state index >= 15 is 0 Å². The van der Waals surface area contributed by atoms with Crippen LogP contribution in [0.15, 0.2) is 0 Å². The van der Waals surface area contributed by atoms with Crippen LogP contribution in [0.25, 0.3) is 0 Å². The zero-order valence-electron chi connectivity index (χ0n) is 16.3. The average molecular weight is 397 g/mol. The van der Waals surface area contributed by atoms with Gasteiger partial charge in [-0.05, 0) is 52.1 Å². The van der Waals surface area contributed by atoms with Crippen LogP contribution in [0.4, 0.5) is 10.6 Å². The van der Waals surface area contributed by atoms with E-state index in [9.17, 15) is 9.59 Å². The molecule has 0 saturated carbocycles. The number of ether oxygens (including phenoxy) is 2. The molecule has 0 spiro atoms. The number of aryl methyl sites for hydroxylation is 1. The van der Waals surface area contributed by atoms with Crippen molar-refractivity contribution in [3.63, 3.8) is 0 Å². The monoisotopic (exact) mass is 396 g/mol. The fourth-order valence-electron chi connectivity index (χ4n) is 3.78. The Morgan fingerprint density at radius 1 is 1.15 bits per heavy atom. The minimum atomic E-state index is -0.539. The van der Waals surface area contributed by atoms with E-state index in [0.717, 1.165) is 12.8 Å². The third-order valence-electron chi connectivity index (χ3n) is 4.82.